The van der Waals surface area contributed by atoms with Gasteiger partial charge < -0.3 is 9.88 Å². The van der Waals surface area contributed by atoms with Crippen LogP contribution < -0.4 is 4.90 Å². The standard InChI is InChI=1S/C23H19Cl2N7/c24-17-2-3-18(25)16(12-17)14-31-7-9-32(10-8-31)23-21(22-27-5-6-28-22)29-20-11-15(13-26)1-4-19(20)30-23/h1-6,11-12H,7-10,14H2,(H,27,28). The maximum absolute atomic E-state index is 9.23. The lowest BCUT2D eigenvalue weighted by atomic mass is 10.2. The van der Waals surface area contributed by atoms with Crippen LogP contribution in [0.25, 0.3) is 22.6 Å². The summed E-state index contributed by atoms with van der Waals surface area (Å²) in [7, 11) is 0. The van der Waals surface area contributed by atoms with Gasteiger partial charge in [0, 0.05) is 55.2 Å². The van der Waals surface area contributed by atoms with E-state index in [1.165, 1.54) is 0 Å². The van der Waals surface area contributed by atoms with E-state index in [1.54, 1.807) is 30.6 Å². The lowest BCUT2D eigenvalue weighted by Crippen LogP contribution is -2.46. The van der Waals surface area contributed by atoms with E-state index in [2.05, 4.69) is 25.8 Å². The molecule has 1 aliphatic heterocycles. The Hall–Kier alpha value is -3.18. The number of halogens is 2. The first-order valence-corrected chi connectivity index (χ1v) is 11.0. The molecule has 1 fully saturated rings. The van der Waals surface area contributed by atoms with Crippen LogP contribution in [0, 0.1) is 11.3 Å². The van der Waals surface area contributed by atoms with Gasteiger partial charge >= 0.3 is 0 Å². The van der Waals surface area contributed by atoms with Crippen LogP contribution in [0.4, 0.5) is 5.82 Å². The molecular weight excluding hydrogens is 445 g/mol. The largest absolute Gasteiger partial charge is 0.352 e. The van der Waals surface area contributed by atoms with Gasteiger partial charge in [0.25, 0.3) is 0 Å². The van der Waals surface area contributed by atoms with Crippen molar-refractivity contribution in [3.8, 4) is 17.6 Å². The van der Waals surface area contributed by atoms with Crippen LogP contribution in [0.2, 0.25) is 10.0 Å². The number of fused-ring (bicyclic) bond motifs is 1. The average Bonchev–Trinajstić information content (AvgIpc) is 3.36. The maximum Gasteiger partial charge on any atom is 0.159 e. The van der Waals surface area contributed by atoms with Gasteiger partial charge in [-0.25, -0.2) is 15.0 Å². The summed E-state index contributed by atoms with van der Waals surface area (Å²) in [5.74, 6) is 1.45. The molecule has 0 bridgehead atoms. The minimum Gasteiger partial charge on any atom is -0.352 e. The second-order valence-corrected chi connectivity index (χ2v) is 8.49. The van der Waals surface area contributed by atoms with Gasteiger partial charge in [-0.3, -0.25) is 4.90 Å². The van der Waals surface area contributed by atoms with Crippen LogP contribution in [0.3, 0.4) is 0 Å². The van der Waals surface area contributed by atoms with Gasteiger partial charge in [0.15, 0.2) is 11.6 Å². The first-order valence-electron chi connectivity index (χ1n) is 10.2. The van der Waals surface area contributed by atoms with Gasteiger partial charge in [0.2, 0.25) is 0 Å². The Kier molecular flexibility index (Phi) is 5.66. The molecule has 7 nitrogen and oxygen atoms in total. The summed E-state index contributed by atoms with van der Waals surface area (Å²) < 4.78 is 0. The molecular formula is C23H19Cl2N7. The fourth-order valence-corrected chi connectivity index (χ4v) is 4.28. The fourth-order valence-electron chi connectivity index (χ4n) is 3.91. The maximum atomic E-state index is 9.23. The molecule has 2 aromatic carbocycles. The summed E-state index contributed by atoms with van der Waals surface area (Å²) >= 11 is 12.5. The van der Waals surface area contributed by atoms with E-state index < -0.39 is 0 Å². The van der Waals surface area contributed by atoms with Crippen molar-refractivity contribution in [3.05, 3.63) is 70.0 Å². The summed E-state index contributed by atoms with van der Waals surface area (Å²) in [6, 6.07) is 13.1. The van der Waals surface area contributed by atoms with Gasteiger partial charge in [0.1, 0.15) is 5.69 Å². The van der Waals surface area contributed by atoms with Crippen molar-refractivity contribution in [3.63, 3.8) is 0 Å². The molecule has 0 spiro atoms. The lowest BCUT2D eigenvalue weighted by Gasteiger charge is -2.36. The van der Waals surface area contributed by atoms with Gasteiger partial charge in [-0.1, -0.05) is 23.2 Å². The first kappa shape index (κ1) is 20.7. The highest BCUT2D eigenvalue weighted by Crippen LogP contribution is 2.29. The Morgan fingerprint density at radius 1 is 1.00 bits per heavy atom. The van der Waals surface area contributed by atoms with Crippen molar-refractivity contribution >= 4 is 40.1 Å². The van der Waals surface area contributed by atoms with Crippen LogP contribution in [-0.2, 0) is 6.54 Å². The van der Waals surface area contributed by atoms with Crippen LogP contribution in [0.1, 0.15) is 11.1 Å². The molecule has 0 saturated carbocycles. The number of benzene rings is 2. The third kappa shape index (κ3) is 4.13. The molecule has 2 aromatic heterocycles. The Bertz CT molecular complexity index is 1310. The number of hydrogen-bond acceptors (Lipinski definition) is 6. The molecule has 3 heterocycles. The molecule has 1 N–H and O–H groups in total. The van der Waals surface area contributed by atoms with Crippen molar-refractivity contribution in [2.24, 2.45) is 0 Å². The summed E-state index contributed by atoms with van der Waals surface area (Å²) in [5, 5.41) is 10.6. The third-order valence-corrected chi connectivity index (χ3v) is 6.17. The minimum absolute atomic E-state index is 0.554. The summed E-state index contributed by atoms with van der Waals surface area (Å²) in [4.78, 5) is 21.8. The number of aromatic amines is 1. The molecule has 1 saturated heterocycles. The zero-order valence-corrected chi connectivity index (χ0v) is 18.6. The Balaban J connectivity index is 1.42. The van der Waals surface area contributed by atoms with E-state index in [1.807, 2.05) is 18.2 Å². The van der Waals surface area contributed by atoms with Crippen LogP contribution in [0.5, 0.6) is 0 Å². The zero-order valence-electron chi connectivity index (χ0n) is 17.1. The molecule has 32 heavy (non-hydrogen) atoms. The van der Waals surface area contributed by atoms with E-state index >= 15 is 0 Å². The van der Waals surface area contributed by atoms with Crippen molar-refractivity contribution in [2.45, 2.75) is 6.54 Å². The molecule has 0 unspecified atom stereocenters. The lowest BCUT2D eigenvalue weighted by molar-refractivity contribution is 0.249. The predicted molar refractivity (Wildman–Crippen MR) is 126 cm³/mol. The van der Waals surface area contributed by atoms with Gasteiger partial charge in [-0.15, -0.1) is 0 Å². The second kappa shape index (κ2) is 8.75. The molecule has 5 rings (SSSR count). The van der Waals surface area contributed by atoms with Crippen LogP contribution in [0.15, 0.2) is 48.8 Å². The van der Waals surface area contributed by atoms with Gasteiger partial charge in [-0.2, -0.15) is 5.26 Å². The monoisotopic (exact) mass is 463 g/mol. The number of nitrogens with zero attached hydrogens (tertiary/aromatic N) is 6. The fraction of sp³-hybridized carbons (Fsp3) is 0.217. The third-order valence-electron chi connectivity index (χ3n) is 5.57. The number of imidazole rings is 1. The number of H-pyrrole nitrogens is 1. The molecule has 0 atom stereocenters. The number of aromatic nitrogens is 4. The highest BCUT2D eigenvalue weighted by molar-refractivity contribution is 6.33. The van der Waals surface area contributed by atoms with E-state index in [0.717, 1.165) is 54.6 Å². The van der Waals surface area contributed by atoms with Gasteiger partial charge in [0.05, 0.1) is 22.7 Å². The van der Waals surface area contributed by atoms with Crippen molar-refractivity contribution in [2.75, 3.05) is 31.1 Å². The highest BCUT2D eigenvalue weighted by Gasteiger charge is 2.24. The second-order valence-electron chi connectivity index (χ2n) is 7.65. The zero-order chi connectivity index (χ0) is 22.1. The van der Waals surface area contributed by atoms with Crippen molar-refractivity contribution in [1.29, 1.82) is 5.26 Å². The van der Waals surface area contributed by atoms with Crippen molar-refractivity contribution < 1.29 is 0 Å². The summed E-state index contributed by atoms with van der Waals surface area (Å²) in [5.41, 5.74) is 3.70. The predicted octanol–water partition coefficient (Wildman–Crippen LogP) is 4.52. The topological polar surface area (TPSA) is 84.7 Å². The number of hydrogen-bond donors (Lipinski definition) is 1. The minimum atomic E-state index is 0.554. The van der Waals surface area contributed by atoms with Crippen LogP contribution in [-0.4, -0.2) is 51.0 Å². The first-order chi connectivity index (χ1) is 15.6. The van der Waals surface area contributed by atoms with Crippen LogP contribution >= 0.6 is 23.2 Å². The number of anilines is 1. The van der Waals surface area contributed by atoms with E-state index in [0.29, 0.717) is 27.6 Å². The smallest absolute Gasteiger partial charge is 0.159 e. The Labute approximate surface area is 195 Å². The number of piperazine rings is 1. The quantitative estimate of drug-likeness (QED) is 0.478. The number of nitrogens with one attached hydrogen (secondary N) is 1. The van der Waals surface area contributed by atoms with Gasteiger partial charge in [-0.05, 0) is 42.0 Å². The SMILES string of the molecule is N#Cc1ccc2nc(N3CCN(Cc4cc(Cl)ccc4Cl)CC3)c(-c3ncc[nH]3)nc2c1. The Morgan fingerprint density at radius 3 is 2.59 bits per heavy atom. The molecule has 160 valence electrons. The molecule has 0 aliphatic carbocycles. The normalized spacial score (nSPS) is 14.6. The van der Waals surface area contributed by atoms with E-state index in [-0.39, 0.29) is 0 Å². The molecule has 9 heteroatoms. The molecule has 0 radical (unpaired) electrons. The highest BCUT2D eigenvalue weighted by atomic mass is 35.5. The Morgan fingerprint density at radius 2 is 1.84 bits per heavy atom. The molecule has 0 amide bonds. The summed E-state index contributed by atoms with van der Waals surface area (Å²) in [6.45, 7) is 4.05. The van der Waals surface area contributed by atoms with E-state index in [9.17, 15) is 5.26 Å². The van der Waals surface area contributed by atoms with E-state index in [4.69, 9.17) is 33.2 Å². The number of rotatable bonds is 4. The molecule has 1 aliphatic rings. The van der Waals surface area contributed by atoms with Crippen molar-refractivity contribution in [1.82, 2.24) is 24.8 Å². The number of nitriles is 1. The summed E-state index contributed by atoms with van der Waals surface area (Å²) in [6.07, 6.45) is 3.47. The molecule has 4 aromatic rings. The average molecular weight is 464 g/mol.